The van der Waals surface area contributed by atoms with Gasteiger partial charge in [-0.2, -0.15) is 4.68 Å². The number of aromatic amines is 1. The van der Waals surface area contributed by atoms with Crippen LogP contribution in [0.1, 0.15) is 203 Å². The van der Waals surface area contributed by atoms with Crippen molar-refractivity contribution in [1.29, 1.82) is 0 Å². The van der Waals surface area contributed by atoms with Crippen LogP contribution >= 0.6 is 0 Å². The molecule has 0 saturated carbocycles. The minimum atomic E-state index is -0.504. The van der Waals surface area contributed by atoms with Crippen molar-refractivity contribution in [3.8, 4) is 45.0 Å². The minimum Gasteiger partial charge on any atom is -0.464 e. The quantitative estimate of drug-likeness (QED) is 0.0183. The molecule has 600 valence electrons. The summed E-state index contributed by atoms with van der Waals surface area (Å²) in [5, 5.41) is 23.2. The summed E-state index contributed by atoms with van der Waals surface area (Å²) in [5.41, 5.74) is 8.76. The topological polar surface area (TPSA) is 286 Å². The number of methoxy groups -OCH3 is 2. The van der Waals surface area contributed by atoms with Crippen LogP contribution in [0, 0.1) is 22.2 Å². The summed E-state index contributed by atoms with van der Waals surface area (Å²) in [6.07, 6.45) is 8.73. The van der Waals surface area contributed by atoms with Crippen molar-refractivity contribution in [2.45, 2.75) is 230 Å². The first kappa shape index (κ1) is 88.5. The number of hydrogen-bond donors (Lipinski definition) is 3. The molecule has 0 saturated heterocycles. The lowest BCUT2D eigenvalue weighted by atomic mass is 9.74. The van der Waals surface area contributed by atoms with Gasteiger partial charge < -0.3 is 48.9 Å². The molecule has 0 radical (unpaired) electrons. The van der Waals surface area contributed by atoms with Crippen molar-refractivity contribution in [3.63, 3.8) is 0 Å². The number of Topliss-reactive ketones (excluding diaryl/α,β-unsaturated/α-hetero) is 4. The Kier molecular flexibility index (Phi) is 34.8. The van der Waals surface area contributed by atoms with E-state index in [1.54, 1.807) is 28.7 Å². The van der Waals surface area contributed by atoms with Crippen molar-refractivity contribution in [3.05, 3.63) is 108 Å². The zero-order chi connectivity index (χ0) is 80.0. The minimum absolute atomic E-state index is 0.0227. The average molecular weight is 1520 g/mol. The van der Waals surface area contributed by atoms with Gasteiger partial charge in [-0.15, -0.1) is 5.10 Å². The molecule has 110 heavy (non-hydrogen) atoms. The number of unbranched alkanes of at least 4 members (excludes halogenated alkanes) is 3. The highest BCUT2D eigenvalue weighted by atomic mass is 16.6. The van der Waals surface area contributed by atoms with Gasteiger partial charge in [-0.3, -0.25) is 33.6 Å². The molecule has 2 aliphatic heterocycles. The molecule has 8 rings (SSSR count). The molecule has 24 heteroatoms. The molecular formula is C86H123N10O14+. The fourth-order valence-corrected chi connectivity index (χ4v) is 13.8. The Balaban J connectivity index is 0.000000306. The van der Waals surface area contributed by atoms with E-state index >= 15 is 0 Å². The third kappa shape index (κ3) is 28.0. The number of H-pyrrole nitrogens is 1. The number of anilines is 2. The van der Waals surface area contributed by atoms with E-state index in [1.807, 2.05) is 143 Å². The van der Waals surface area contributed by atoms with Crippen LogP contribution in [-0.4, -0.2) is 158 Å². The molecule has 2 aromatic heterocycles. The highest BCUT2D eigenvalue weighted by molar-refractivity contribution is 6.01. The lowest BCUT2D eigenvalue weighted by Crippen LogP contribution is -2.50. The molecule has 0 spiro atoms. The first-order valence-electron chi connectivity index (χ1n) is 39.4. The number of amides is 3. The summed E-state index contributed by atoms with van der Waals surface area (Å²) in [4.78, 5) is 108. The lowest BCUT2D eigenvalue weighted by molar-refractivity contribution is -0.744. The molecule has 24 nitrogen and oxygen atoms in total. The van der Waals surface area contributed by atoms with Crippen LogP contribution in [0.3, 0.4) is 0 Å². The number of carbonyl (C=O) groups is 8. The molecule has 2 atom stereocenters. The molecule has 6 aromatic rings. The molecule has 3 amide bonds. The summed E-state index contributed by atoms with van der Waals surface area (Å²) in [7, 11) is 3.21. The number of aromatic nitrogens is 6. The molecular weight excluding hydrogens is 1400 g/mol. The molecule has 4 aromatic carbocycles. The van der Waals surface area contributed by atoms with Crippen LogP contribution in [0.5, 0.6) is 0 Å². The highest BCUT2D eigenvalue weighted by Crippen LogP contribution is 2.43. The van der Waals surface area contributed by atoms with E-state index in [9.17, 15) is 38.4 Å². The van der Waals surface area contributed by atoms with Gasteiger partial charge in [-0.25, -0.2) is 9.48 Å². The highest BCUT2D eigenvalue weighted by Gasteiger charge is 2.37. The Morgan fingerprint density at radius 2 is 1.05 bits per heavy atom. The number of nitrogens with zero attached hydrogens (tertiary/aromatic N) is 7. The van der Waals surface area contributed by atoms with Crippen LogP contribution in [0.2, 0.25) is 0 Å². The number of para-hydroxylation sites is 2. The largest absolute Gasteiger partial charge is 0.464 e. The molecule has 0 bridgehead atoms. The third-order valence-electron chi connectivity index (χ3n) is 19.2. The number of hydrogen-bond acceptors (Lipinski definition) is 18. The Hall–Kier alpha value is -8.68. The zero-order valence-electron chi connectivity index (χ0n) is 68.0. The molecule has 2 aliphatic rings. The number of esters is 1. The zero-order valence-corrected chi connectivity index (χ0v) is 68.0. The summed E-state index contributed by atoms with van der Waals surface area (Å²) in [6.45, 7) is 29.0. The smallest absolute Gasteiger partial charge is 0.407 e. The summed E-state index contributed by atoms with van der Waals surface area (Å²) in [6, 6.07) is 30.9. The number of rotatable bonds is 41. The summed E-state index contributed by atoms with van der Waals surface area (Å²) >= 11 is 0. The fraction of sp³-hybridized carbons (Fsp3) is 0.581. The Labute approximate surface area is 651 Å². The van der Waals surface area contributed by atoms with Crippen LogP contribution < -0.4 is 25.1 Å². The number of ketones is 4. The molecule has 4 heterocycles. The average Bonchev–Trinajstić information content (AvgIpc) is 1.54. The van der Waals surface area contributed by atoms with Crippen LogP contribution in [-0.2, 0) is 88.2 Å². The van der Waals surface area contributed by atoms with E-state index in [2.05, 4.69) is 67.7 Å². The van der Waals surface area contributed by atoms with Crippen molar-refractivity contribution >= 4 is 58.4 Å². The van der Waals surface area contributed by atoms with E-state index in [1.165, 1.54) is 0 Å². The van der Waals surface area contributed by atoms with Crippen molar-refractivity contribution < 1.29 is 71.5 Å². The van der Waals surface area contributed by atoms with Gasteiger partial charge in [-0.05, 0) is 107 Å². The van der Waals surface area contributed by atoms with Gasteiger partial charge in [0.1, 0.15) is 42.8 Å². The van der Waals surface area contributed by atoms with E-state index < -0.39 is 11.5 Å². The van der Waals surface area contributed by atoms with Crippen LogP contribution in [0.15, 0.2) is 97.1 Å². The van der Waals surface area contributed by atoms with Gasteiger partial charge in [0.25, 0.3) is 5.69 Å². The predicted molar refractivity (Wildman–Crippen MR) is 426 cm³/mol. The number of nitrogens with one attached hydrogen (secondary N) is 3. The number of ether oxygens (including phenoxy) is 6. The van der Waals surface area contributed by atoms with Crippen LogP contribution in [0.4, 0.5) is 16.2 Å². The molecule has 0 aliphatic carbocycles. The maximum absolute atomic E-state index is 13.9. The van der Waals surface area contributed by atoms with E-state index in [4.69, 9.17) is 33.5 Å². The van der Waals surface area contributed by atoms with Gasteiger partial charge in [0.2, 0.25) is 17.5 Å². The lowest BCUT2D eigenvalue weighted by Gasteiger charge is -2.31. The van der Waals surface area contributed by atoms with E-state index in [-0.39, 0.29) is 89.5 Å². The van der Waals surface area contributed by atoms with Crippen molar-refractivity contribution in [2.75, 3.05) is 83.4 Å². The third-order valence-corrected chi connectivity index (χ3v) is 19.2. The van der Waals surface area contributed by atoms with Gasteiger partial charge >= 0.3 is 12.1 Å². The molecule has 3 N–H and O–H groups in total. The fourth-order valence-electron chi connectivity index (χ4n) is 13.8. The summed E-state index contributed by atoms with van der Waals surface area (Å²) in [5.74, 6) is 0.249. The normalized spacial score (nSPS) is 13.2. The second kappa shape index (κ2) is 43.2. The van der Waals surface area contributed by atoms with E-state index in [0.717, 1.165) is 94.7 Å². The van der Waals surface area contributed by atoms with Crippen molar-refractivity contribution in [2.24, 2.45) is 22.2 Å². The van der Waals surface area contributed by atoms with Gasteiger partial charge in [0.15, 0.2) is 5.78 Å². The van der Waals surface area contributed by atoms with Gasteiger partial charge in [-0.1, -0.05) is 164 Å². The van der Waals surface area contributed by atoms with Gasteiger partial charge in [0.05, 0.1) is 87.9 Å². The SMILES string of the molecule is COCCOCCC(=O)CCCC(=O)N1Cc2ccccc2-c2c(n[nH][n+]2CCOC(=O)NCCCCC(NC(C)(C)C)C(=O)C(C)(C)C)-c2ccccc21.COCCOCCC(=O)CCCC(=O)N1Cc2ccccc2-c2nnn(CCOC(=O)CCCCCC(CC(C)(C)C)C(=O)C(C)(C)C)c2-c2ccccc21. The number of fused-ring (bicyclic) bond motifs is 10. The summed E-state index contributed by atoms with van der Waals surface area (Å²) < 4.78 is 35.6. The second-order valence-corrected chi connectivity index (χ2v) is 32.9. The maximum Gasteiger partial charge on any atom is 0.407 e. The molecule has 0 fully saturated rings. The number of benzene rings is 4. The monoisotopic (exact) mass is 1520 g/mol. The Morgan fingerprint density at radius 1 is 0.518 bits per heavy atom. The van der Waals surface area contributed by atoms with Crippen LogP contribution in [0.25, 0.3) is 45.0 Å². The first-order valence-corrected chi connectivity index (χ1v) is 39.4. The predicted octanol–water partition coefficient (Wildman–Crippen LogP) is 14.4. The molecule has 2 unspecified atom stereocenters. The first-order chi connectivity index (χ1) is 52.4. The second-order valence-electron chi connectivity index (χ2n) is 32.9. The van der Waals surface area contributed by atoms with Gasteiger partial charge in [0, 0.05) is 110 Å². The van der Waals surface area contributed by atoms with Crippen molar-refractivity contribution in [1.82, 2.24) is 35.9 Å². The Bertz CT molecular complexity index is 3980. The standard InChI is InChI=1S/C44H62N4O7.C42H60N6O7/c1-43(2,3)30-32(42(52)44(4,5)6)16-9-8-10-23-39(51)55-27-25-48-41-36-20-13-14-21-37(36)47(31-33-17-11-12-19-35(33)40(41)45-46-48)38(50)22-15-18-34(49)24-26-54-29-28-53-7;1-41(2,3)39(51)34(44-42(4,5)6)19-12-13-23-43-40(52)55-26-24-48-38-32-17-9-8-15-30(32)29-47(35-20-11-10-18-33(35)37(38)45-46-48)36(50)21-14-16-31(49)22-25-54-28-27-53-7/h11-14,17,19-21,32H,8-10,15-16,18,22-31H2,1-7H3;8-11,15,17-18,20,34,44H,12-14,16,19,21-29H2,1-7H3,(H,43,52)/p+1. The Morgan fingerprint density at radius 3 is 1.63 bits per heavy atom. The number of carbonyl (C=O) groups excluding carboxylic acids is 8. The van der Waals surface area contributed by atoms with E-state index in [0.29, 0.717) is 147 Å². The maximum atomic E-state index is 13.9. The number of alkyl carbamates (subject to hydrolysis) is 1.